The van der Waals surface area contributed by atoms with Gasteiger partial charge in [0.1, 0.15) is 0 Å². The van der Waals surface area contributed by atoms with Gasteiger partial charge in [0.25, 0.3) is 10.0 Å². The van der Waals surface area contributed by atoms with Crippen LogP contribution in [-0.2, 0) is 10.0 Å². The number of benzene rings is 2. The zero-order valence-corrected chi connectivity index (χ0v) is 13.1. The molecule has 2 aromatic carbocycles. The summed E-state index contributed by atoms with van der Waals surface area (Å²) in [6.45, 7) is 3.94. The number of carboxylic acid groups (broad SMARTS) is 1. The minimum Gasteiger partial charge on any atom is -0.478 e. The van der Waals surface area contributed by atoms with E-state index in [4.69, 9.17) is 5.11 Å². The summed E-state index contributed by atoms with van der Waals surface area (Å²) < 4.78 is 27.4. The summed E-state index contributed by atoms with van der Waals surface area (Å²) in [7, 11) is -3.84. The molecule has 0 spiro atoms. The van der Waals surface area contributed by atoms with Crippen LogP contribution in [0.1, 0.15) is 35.7 Å². The summed E-state index contributed by atoms with van der Waals surface area (Å²) in [6.07, 6.45) is 0. The maximum atomic E-state index is 12.4. The summed E-state index contributed by atoms with van der Waals surface area (Å²) in [5, 5.41) is 8.97. The van der Waals surface area contributed by atoms with Crippen LogP contribution in [0.5, 0.6) is 0 Å². The van der Waals surface area contributed by atoms with Gasteiger partial charge < -0.3 is 5.11 Å². The monoisotopic (exact) mass is 319 g/mol. The van der Waals surface area contributed by atoms with Gasteiger partial charge >= 0.3 is 5.97 Å². The lowest BCUT2D eigenvalue weighted by molar-refractivity contribution is 0.0696. The zero-order chi connectivity index (χ0) is 16.3. The van der Waals surface area contributed by atoms with E-state index >= 15 is 0 Å². The fourth-order valence-electron chi connectivity index (χ4n) is 2.09. The smallest absolute Gasteiger partial charge is 0.335 e. The van der Waals surface area contributed by atoms with Gasteiger partial charge in [0.15, 0.2) is 0 Å². The second kappa shape index (κ2) is 6.19. The highest BCUT2D eigenvalue weighted by atomic mass is 32.2. The molecule has 0 heterocycles. The average Bonchev–Trinajstić information content (AvgIpc) is 2.47. The Morgan fingerprint density at radius 1 is 1.09 bits per heavy atom. The minimum absolute atomic E-state index is 0.0694. The first kappa shape index (κ1) is 16.0. The lowest BCUT2D eigenvalue weighted by Crippen LogP contribution is -2.15. The zero-order valence-electron chi connectivity index (χ0n) is 12.3. The molecule has 0 saturated heterocycles. The lowest BCUT2D eigenvalue weighted by Gasteiger charge is -2.15. The molecule has 0 fully saturated rings. The van der Waals surface area contributed by atoms with Crippen LogP contribution < -0.4 is 4.72 Å². The van der Waals surface area contributed by atoms with Crippen molar-refractivity contribution in [3.05, 3.63) is 59.7 Å². The first-order chi connectivity index (χ1) is 10.3. The van der Waals surface area contributed by atoms with E-state index in [1.54, 1.807) is 12.1 Å². The van der Waals surface area contributed by atoms with E-state index in [1.165, 1.54) is 18.2 Å². The van der Waals surface area contributed by atoms with E-state index in [-0.39, 0.29) is 16.4 Å². The highest BCUT2D eigenvalue weighted by Crippen LogP contribution is 2.26. The van der Waals surface area contributed by atoms with E-state index in [1.807, 2.05) is 26.0 Å². The van der Waals surface area contributed by atoms with Crippen LogP contribution in [0.2, 0.25) is 0 Å². The van der Waals surface area contributed by atoms with Gasteiger partial charge in [-0.2, -0.15) is 0 Å². The molecule has 5 nitrogen and oxygen atoms in total. The largest absolute Gasteiger partial charge is 0.478 e. The number of hydrogen-bond acceptors (Lipinski definition) is 3. The molecule has 0 aromatic heterocycles. The average molecular weight is 319 g/mol. The number of carbonyl (C=O) groups is 1. The van der Waals surface area contributed by atoms with Gasteiger partial charge in [-0.05, 0) is 35.7 Å². The Balaban J connectivity index is 2.41. The number of carboxylic acids is 1. The molecular weight excluding hydrogens is 302 g/mol. The molecule has 0 saturated carbocycles. The number of aromatic carboxylic acids is 1. The topological polar surface area (TPSA) is 83.5 Å². The molecule has 0 amide bonds. The molecule has 22 heavy (non-hydrogen) atoms. The Morgan fingerprint density at radius 2 is 1.77 bits per heavy atom. The van der Waals surface area contributed by atoms with Gasteiger partial charge in [0.2, 0.25) is 0 Å². The van der Waals surface area contributed by atoms with Gasteiger partial charge in [-0.25, -0.2) is 13.2 Å². The Bertz CT molecular complexity index is 797. The van der Waals surface area contributed by atoms with E-state index in [9.17, 15) is 13.2 Å². The van der Waals surface area contributed by atoms with E-state index < -0.39 is 16.0 Å². The van der Waals surface area contributed by atoms with E-state index in [0.717, 1.165) is 11.6 Å². The molecule has 0 bridgehead atoms. The van der Waals surface area contributed by atoms with Crippen molar-refractivity contribution in [1.82, 2.24) is 0 Å². The van der Waals surface area contributed by atoms with Crippen LogP contribution in [0.15, 0.2) is 53.4 Å². The van der Waals surface area contributed by atoms with Gasteiger partial charge in [-0.1, -0.05) is 38.1 Å². The molecular formula is C16H17NO4S. The van der Waals surface area contributed by atoms with Crippen molar-refractivity contribution < 1.29 is 18.3 Å². The van der Waals surface area contributed by atoms with Crippen molar-refractivity contribution >= 4 is 21.7 Å². The third-order valence-electron chi connectivity index (χ3n) is 3.22. The van der Waals surface area contributed by atoms with Gasteiger partial charge in [-0.3, -0.25) is 4.72 Å². The molecule has 0 unspecified atom stereocenters. The molecule has 0 radical (unpaired) electrons. The standard InChI is InChI=1S/C16H17NO4S/c1-11(2)14-8-3-4-9-15(14)17-22(20,21)13-7-5-6-12(10-13)16(18)19/h3-11,17H,1-2H3,(H,18,19). The van der Waals surface area contributed by atoms with Crippen LogP contribution in [-0.4, -0.2) is 19.5 Å². The van der Waals surface area contributed by atoms with Crippen molar-refractivity contribution in [2.75, 3.05) is 4.72 Å². The van der Waals surface area contributed by atoms with Gasteiger partial charge in [0.05, 0.1) is 16.1 Å². The molecule has 2 N–H and O–H groups in total. The molecule has 2 rings (SSSR count). The molecule has 0 aliphatic heterocycles. The molecule has 0 aliphatic carbocycles. The summed E-state index contributed by atoms with van der Waals surface area (Å²) in [6, 6.07) is 12.4. The summed E-state index contributed by atoms with van der Waals surface area (Å²) in [5.74, 6) is -1.01. The van der Waals surface area contributed by atoms with Crippen molar-refractivity contribution in [3.63, 3.8) is 0 Å². The van der Waals surface area contributed by atoms with Gasteiger partial charge in [0, 0.05) is 0 Å². The Morgan fingerprint density at radius 3 is 2.41 bits per heavy atom. The highest BCUT2D eigenvalue weighted by Gasteiger charge is 2.18. The maximum absolute atomic E-state index is 12.4. The summed E-state index contributed by atoms with van der Waals surface area (Å²) in [4.78, 5) is 10.9. The van der Waals surface area contributed by atoms with Crippen LogP contribution in [0.25, 0.3) is 0 Å². The van der Waals surface area contributed by atoms with Crippen LogP contribution >= 0.6 is 0 Å². The van der Waals surface area contributed by atoms with E-state index in [2.05, 4.69) is 4.72 Å². The SMILES string of the molecule is CC(C)c1ccccc1NS(=O)(=O)c1cccc(C(=O)O)c1. The number of nitrogens with one attached hydrogen (secondary N) is 1. The minimum atomic E-state index is -3.84. The molecule has 0 atom stereocenters. The quantitative estimate of drug-likeness (QED) is 0.885. The first-order valence-corrected chi connectivity index (χ1v) is 8.24. The number of anilines is 1. The van der Waals surface area contributed by atoms with Crippen molar-refractivity contribution in [2.45, 2.75) is 24.7 Å². The predicted octanol–water partition coefficient (Wildman–Crippen LogP) is 3.31. The molecule has 116 valence electrons. The Labute approximate surface area is 129 Å². The Hall–Kier alpha value is -2.34. The second-order valence-electron chi connectivity index (χ2n) is 5.18. The lowest BCUT2D eigenvalue weighted by atomic mass is 10.0. The van der Waals surface area contributed by atoms with Crippen molar-refractivity contribution in [1.29, 1.82) is 0 Å². The first-order valence-electron chi connectivity index (χ1n) is 6.76. The number of sulfonamides is 1. The predicted molar refractivity (Wildman–Crippen MR) is 84.7 cm³/mol. The van der Waals surface area contributed by atoms with Crippen molar-refractivity contribution in [3.8, 4) is 0 Å². The normalized spacial score (nSPS) is 11.4. The highest BCUT2D eigenvalue weighted by molar-refractivity contribution is 7.92. The number of para-hydroxylation sites is 1. The number of rotatable bonds is 5. The third kappa shape index (κ3) is 3.46. The molecule has 0 aliphatic rings. The Kier molecular flexibility index (Phi) is 4.51. The summed E-state index contributed by atoms with van der Waals surface area (Å²) in [5.41, 5.74) is 1.30. The second-order valence-corrected chi connectivity index (χ2v) is 6.86. The molecule has 6 heteroatoms. The van der Waals surface area contributed by atoms with Crippen LogP contribution in [0.3, 0.4) is 0 Å². The van der Waals surface area contributed by atoms with Crippen LogP contribution in [0.4, 0.5) is 5.69 Å². The fraction of sp³-hybridized carbons (Fsp3) is 0.188. The third-order valence-corrected chi connectivity index (χ3v) is 4.58. The van der Waals surface area contributed by atoms with Gasteiger partial charge in [-0.15, -0.1) is 0 Å². The fourth-order valence-corrected chi connectivity index (χ4v) is 3.23. The maximum Gasteiger partial charge on any atom is 0.335 e. The number of hydrogen-bond donors (Lipinski definition) is 2. The summed E-state index contributed by atoms with van der Waals surface area (Å²) >= 11 is 0. The van der Waals surface area contributed by atoms with E-state index in [0.29, 0.717) is 5.69 Å². The van der Waals surface area contributed by atoms with Crippen molar-refractivity contribution in [2.24, 2.45) is 0 Å². The van der Waals surface area contributed by atoms with Crippen LogP contribution in [0, 0.1) is 0 Å². The molecule has 2 aromatic rings.